The quantitative estimate of drug-likeness (QED) is 0.319. The predicted octanol–water partition coefficient (Wildman–Crippen LogP) is 4.83. The summed E-state index contributed by atoms with van der Waals surface area (Å²) in [6, 6.07) is 7.50. The number of nitrogens with one attached hydrogen (secondary N) is 1. The van der Waals surface area contributed by atoms with Crippen molar-refractivity contribution in [2.45, 2.75) is 41.7 Å². The normalized spacial score (nSPS) is 16.7. The lowest BCUT2D eigenvalue weighted by molar-refractivity contribution is -0.137. The monoisotopic (exact) mass is 550 g/mol. The highest BCUT2D eigenvalue weighted by atomic mass is 35.5. The van der Waals surface area contributed by atoms with Crippen molar-refractivity contribution >= 4 is 33.4 Å². The summed E-state index contributed by atoms with van der Waals surface area (Å²) >= 11 is 6.94. The Bertz CT molecular complexity index is 1310. The lowest BCUT2D eigenvalue weighted by atomic mass is 10.2. The van der Waals surface area contributed by atoms with Crippen molar-refractivity contribution in [3.8, 4) is 5.69 Å². The number of thioether (sulfide) groups is 1. The zero-order valence-electron chi connectivity index (χ0n) is 17.9. The van der Waals surface area contributed by atoms with E-state index in [4.69, 9.17) is 16.3 Å². The van der Waals surface area contributed by atoms with Crippen LogP contribution >= 0.6 is 23.4 Å². The van der Waals surface area contributed by atoms with Gasteiger partial charge in [-0.1, -0.05) is 29.4 Å². The maximum atomic E-state index is 13.4. The molecule has 1 unspecified atom stereocenters. The largest absolute Gasteiger partial charge is 0.416 e. The van der Waals surface area contributed by atoms with Gasteiger partial charge in [-0.05, 0) is 49.2 Å². The summed E-state index contributed by atoms with van der Waals surface area (Å²) in [5, 5.41) is 8.02. The van der Waals surface area contributed by atoms with Crippen molar-refractivity contribution in [2.75, 3.05) is 12.4 Å². The number of benzene rings is 2. The summed E-state index contributed by atoms with van der Waals surface area (Å²) in [7, 11) is -4.13. The fraction of sp³-hybridized carbons (Fsp3) is 0.333. The molecule has 1 fully saturated rings. The average molecular weight is 551 g/mol. The topological polar surface area (TPSA) is 86.1 Å². The maximum absolute atomic E-state index is 13.4. The fourth-order valence-corrected chi connectivity index (χ4v) is 5.71. The summed E-state index contributed by atoms with van der Waals surface area (Å²) in [6.45, 7) is 0.257. The summed E-state index contributed by atoms with van der Waals surface area (Å²) in [5.74, 6) is -0.199. The van der Waals surface area contributed by atoms with Crippen LogP contribution in [-0.4, -0.2) is 41.6 Å². The van der Waals surface area contributed by atoms with Crippen molar-refractivity contribution in [1.82, 2.24) is 19.5 Å². The van der Waals surface area contributed by atoms with Gasteiger partial charge >= 0.3 is 6.18 Å². The van der Waals surface area contributed by atoms with Crippen molar-refractivity contribution in [3.05, 3.63) is 64.7 Å². The first-order valence-corrected chi connectivity index (χ1v) is 13.2. The Balaban J connectivity index is 1.64. The molecule has 1 aromatic heterocycles. The van der Waals surface area contributed by atoms with E-state index in [0.717, 1.165) is 43.2 Å². The van der Waals surface area contributed by atoms with Gasteiger partial charge in [0, 0.05) is 12.4 Å². The molecule has 0 radical (unpaired) electrons. The second-order valence-electron chi connectivity index (χ2n) is 7.63. The second kappa shape index (κ2) is 10.4. The second-order valence-corrected chi connectivity index (χ2v) is 10.8. The smallest absolute Gasteiger partial charge is 0.377 e. The molecule has 1 N–H and O–H groups in total. The van der Waals surface area contributed by atoms with Gasteiger partial charge in [0.05, 0.1) is 33.8 Å². The van der Waals surface area contributed by atoms with Gasteiger partial charge in [0.25, 0.3) is 0 Å². The number of sulfonamides is 1. The predicted molar refractivity (Wildman–Crippen MR) is 121 cm³/mol. The van der Waals surface area contributed by atoms with Crippen molar-refractivity contribution in [2.24, 2.45) is 0 Å². The van der Waals surface area contributed by atoms with Crippen LogP contribution in [0.1, 0.15) is 24.2 Å². The van der Waals surface area contributed by atoms with E-state index in [1.54, 1.807) is 0 Å². The molecule has 0 amide bonds. The lowest BCUT2D eigenvalue weighted by Crippen LogP contribution is -2.25. The molecule has 14 heteroatoms. The third-order valence-corrected chi connectivity index (χ3v) is 7.93. The summed E-state index contributed by atoms with van der Waals surface area (Å²) < 4.78 is 88.1. The molecule has 0 spiro atoms. The number of aromatic nitrogens is 3. The minimum absolute atomic E-state index is 0.0168. The zero-order chi connectivity index (χ0) is 25.2. The van der Waals surface area contributed by atoms with Crippen LogP contribution in [0.3, 0.4) is 0 Å². The molecule has 7 nitrogen and oxygen atoms in total. The van der Waals surface area contributed by atoms with Crippen LogP contribution in [0.15, 0.2) is 52.5 Å². The van der Waals surface area contributed by atoms with Gasteiger partial charge in [0.15, 0.2) is 11.0 Å². The molecule has 3 aromatic rings. The molecule has 1 aliphatic heterocycles. The van der Waals surface area contributed by atoms with Crippen LogP contribution in [-0.2, 0) is 27.5 Å². The Morgan fingerprint density at radius 2 is 2.00 bits per heavy atom. The molecule has 1 atom stereocenters. The number of hydrogen-bond acceptors (Lipinski definition) is 6. The third-order valence-electron chi connectivity index (χ3n) is 5.18. The Labute approximate surface area is 207 Å². The number of alkyl halides is 3. The van der Waals surface area contributed by atoms with Crippen LogP contribution < -0.4 is 4.72 Å². The molecule has 4 rings (SSSR count). The van der Waals surface area contributed by atoms with Crippen molar-refractivity contribution in [3.63, 3.8) is 0 Å². The number of nitrogens with zero attached hydrogens (tertiary/aromatic N) is 3. The molecular weight excluding hydrogens is 532 g/mol. The summed E-state index contributed by atoms with van der Waals surface area (Å²) in [6.07, 6.45) is -2.81. The van der Waals surface area contributed by atoms with Crippen LogP contribution in [0.4, 0.5) is 17.6 Å². The van der Waals surface area contributed by atoms with E-state index in [2.05, 4.69) is 14.9 Å². The number of rotatable bonds is 8. The van der Waals surface area contributed by atoms with Gasteiger partial charge in [-0.2, -0.15) is 13.2 Å². The SMILES string of the molecule is O=S(=O)(NCc1nnc(SCC2CCCO2)n1-c1cccc(C(F)(F)F)c1)c1ccc(F)c(Cl)c1. The molecule has 35 heavy (non-hydrogen) atoms. The average Bonchev–Trinajstić information content (AvgIpc) is 3.47. The molecule has 2 aromatic carbocycles. The molecule has 0 saturated carbocycles. The lowest BCUT2D eigenvalue weighted by Gasteiger charge is -2.14. The molecular formula is C21H19ClF4N4O3S2. The van der Waals surface area contributed by atoms with E-state index >= 15 is 0 Å². The van der Waals surface area contributed by atoms with Crippen molar-refractivity contribution < 1.29 is 30.7 Å². The number of hydrogen-bond donors (Lipinski definition) is 1. The Kier molecular flexibility index (Phi) is 7.71. The van der Waals surface area contributed by atoms with Gasteiger partial charge in [0.1, 0.15) is 5.82 Å². The summed E-state index contributed by atoms with van der Waals surface area (Å²) in [4.78, 5) is -0.276. The van der Waals surface area contributed by atoms with Gasteiger partial charge in [-0.3, -0.25) is 4.57 Å². The van der Waals surface area contributed by atoms with Gasteiger partial charge < -0.3 is 4.74 Å². The molecule has 1 saturated heterocycles. The first-order valence-electron chi connectivity index (χ1n) is 10.4. The van der Waals surface area contributed by atoms with Crippen LogP contribution in [0.2, 0.25) is 5.02 Å². The molecule has 0 aliphatic carbocycles. The van der Waals surface area contributed by atoms with Crippen LogP contribution in [0.25, 0.3) is 5.69 Å². The molecule has 1 aliphatic rings. The highest BCUT2D eigenvalue weighted by Crippen LogP contribution is 2.32. The highest BCUT2D eigenvalue weighted by molar-refractivity contribution is 7.99. The van der Waals surface area contributed by atoms with Gasteiger partial charge in [-0.25, -0.2) is 17.5 Å². The van der Waals surface area contributed by atoms with Gasteiger partial charge in [-0.15, -0.1) is 10.2 Å². The maximum Gasteiger partial charge on any atom is 0.416 e. The van der Waals surface area contributed by atoms with Crippen LogP contribution in [0, 0.1) is 5.82 Å². The third kappa shape index (κ3) is 6.15. The van der Waals surface area contributed by atoms with Crippen molar-refractivity contribution in [1.29, 1.82) is 0 Å². The van der Waals surface area contributed by atoms with Gasteiger partial charge in [0.2, 0.25) is 10.0 Å². The Morgan fingerprint density at radius 3 is 2.69 bits per heavy atom. The highest BCUT2D eigenvalue weighted by Gasteiger charge is 2.31. The minimum atomic E-state index is -4.57. The first-order chi connectivity index (χ1) is 16.5. The Morgan fingerprint density at radius 1 is 1.20 bits per heavy atom. The fourth-order valence-electron chi connectivity index (χ4n) is 3.42. The molecule has 2 heterocycles. The van der Waals surface area contributed by atoms with E-state index < -0.39 is 27.6 Å². The molecule has 0 bridgehead atoms. The Hall–Kier alpha value is -2.19. The summed E-state index contributed by atoms with van der Waals surface area (Å²) in [5.41, 5.74) is -0.745. The van der Waals surface area contributed by atoms with E-state index in [1.165, 1.54) is 28.5 Å². The van der Waals surface area contributed by atoms with E-state index in [-0.39, 0.29) is 34.1 Å². The minimum Gasteiger partial charge on any atom is -0.377 e. The molecule has 188 valence electrons. The number of halogens is 5. The number of ether oxygens (including phenoxy) is 1. The van der Waals surface area contributed by atoms with E-state index in [0.29, 0.717) is 17.5 Å². The van der Waals surface area contributed by atoms with E-state index in [1.807, 2.05) is 0 Å². The van der Waals surface area contributed by atoms with E-state index in [9.17, 15) is 26.0 Å². The van der Waals surface area contributed by atoms with Crippen LogP contribution in [0.5, 0.6) is 0 Å². The first kappa shape index (κ1) is 25.9. The zero-order valence-corrected chi connectivity index (χ0v) is 20.3. The standard InChI is InChI=1S/C21H19ClF4N4O3S2/c22-17-10-16(6-7-18(17)23)35(31,32)27-11-19-28-29-20(34-12-15-5-2-8-33-15)30(19)14-4-1-3-13(9-14)21(24,25)26/h1,3-4,6-7,9-10,15,27H,2,5,8,11-12H2.